The zero-order valence-electron chi connectivity index (χ0n) is 32.6. The summed E-state index contributed by atoms with van der Waals surface area (Å²) >= 11 is 18.2. The predicted molar refractivity (Wildman–Crippen MR) is 272 cm³/mol. The molecule has 0 unspecified atom stereocenters. The Morgan fingerprint density at radius 2 is 0.689 bits per heavy atom. The van der Waals surface area contributed by atoms with Crippen molar-refractivity contribution in [1.29, 1.82) is 0 Å². The number of nitrogens with one attached hydrogen (secondary N) is 2. The molecule has 2 spiro atoms. The normalized spacial score (nSPS) is 14.4. The van der Waals surface area contributed by atoms with E-state index in [-0.39, 0.29) is 6.84 Å². The minimum Gasteiger partial charge on any atom is -0.355 e. The summed E-state index contributed by atoms with van der Waals surface area (Å²) in [6, 6.07) is 62.0. The van der Waals surface area contributed by atoms with Crippen molar-refractivity contribution in [2.75, 3.05) is 10.6 Å². The van der Waals surface area contributed by atoms with E-state index in [1.165, 1.54) is 78.1 Å². The van der Waals surface area contributed by atoms with Gasteiger partial charge in [-0.2, -0.15) is 0 Å². The molecule has 2 aliphatic carbocycles. The minimum atomic E-state index is -0.431. The fraction of sp³-hybridized carbons (Fsp3) is 0.0769. The molecule has 12 rings (SSSR count). The molecule has 2 heterocycles. The van der Waals surface area contributed by atoms with E-state index >= 15 is 0 Å². The molecule has 8 aromatic carbocycles. The first-order chi connectivity index (χ1) is 29.8. The number of nitrogens with zero attached hydrogens (tertiary/aromatic N) is 1. The molecule has 1 radical (unpaired) electrons. The molecule has 0 amide bonds. The molecule has 0 fully saturated rings. The summed E-state index contributed by atoms with van der Waals surface area (Å²) in [5.74, 6) is 0. The Morgan fingerprint density at radius 3 is 1.11 bits per heavy atom. The Morgan fingerprint density at radius 1 is 0.393 bits per heavy atom. The van der Waals surface area contributed by atoms with E-state index in [0.29, 0.717) is 0 Å². The van der Waals surface area contributed by atoms with Crippen LogP contribution < -0.4 is 10.6 Å². The number of hydrogen-bond donors (Lipinski definition) is 3. The molecule has 61 heavy (non-hydrogen) atoms. The number of anilines is 4. The topological polar surface area (TPSA) is 36.4 Å². The number of rotatable bonds is 0. The number of benzene rings is 8. The Labute approximate surface area is 398 Å². The molecule has 2 aliphatic heterocycles. The zero-order valence-corrected chi connectivity index (χ0v) is 39.8. The van der Waals surface area contributed by atoms with Gasteiger partial charge in [-0.1, -0.05) is 161 Å². The maximum absolute atomic E-state index is 4.34. The molecule has 0 saturated carbocycles. The van der Waals surface area contributed by atoms with Gasteiger partial charge in [-0.3, -0.25) is 0 Å². The van der Waals surface area contributed by atoms with Gasteiger partial charge in [-0.25, -0.2) is 0 Å². The molecular weight excluding hydrogens is 1030 g/mol. The Hall–Kier alpha value is -4.51. The van der Waals surface area contributed by atoms with Crippen LogP contribution in [-0.2, 0) is 23.7 Å². The van der Waals surface area contributed by atoms with Crippen LogP contribution in [0.5, 0.6) is 0 Å². The van der Waals surface area contributed by atoms with Crippen molar-refractivity contribution >= 4 is 107 Å². The number of thiol groups is 1. The van der Waals surface area contributed by atoms with Crippen LogP contribution in [0.3, 0.4) is 0 Å². The van der Waals surface area contributed by atoms with Gasteiger partial charge in [0.05, 0.1) is 10.8 Å². The van der Waals surface area contributed by atoms with Gasteiger partial charge in [0.15, 0.2) is 0 Å². The predicted octanol–water partition coefficient (Wildman–Crippen LogP) is 15.5. The molecule has 9 heteroatoms. The number of fused-ring (bicyclic) bond motifs is 16. The first-order valence-corrected chi connectivity index (χ1v) is 23.5. The van der Waals surface area contributed by atoms with Gasteiger partial charge >= 0.3 is 24.8 Å². The molecule has 297 valence electrons. The molecule has 0 aromatic heterocycles. The van der Waals surface area contributed by atoms with Crippen LogP contribution in [0.1, 0.15) is 68.2 Å². The third kappa shape index (κ3) is 6.57. The van der Waals surface area contributed by atoms with Gasteiger partial charge < -0.3 is 10.6 Å². The number of halogens is 4. The van der Waals surface area contributed by atoms with Crippen LogP contribution >= 0.6 is 76.5 Å². The summed E-state index contributed by atoms with van der Waals surface area (Å²) in [6.45, 7) is 0. The minimum absolute atomic E-state index is 0. The van der Waals surface area contributed by atoms with E-state index in [0.717, 1.165) is 42.1 Å². The Balaban J connectivity index is 0.000000148. The van der Waals surface area contributed by atoms with Crippen molar-refractivity contribution < 1.29 is 1.43 Å². The molecule has 4 aliphatic rings. The first-order valence-electron chi connectivity index (χ1n) is 19.9. The Kier molecular flexibility index (Phi) is 10.9. The first kappa shape index (κ1) is 40.6. The fourth-order valence-electron chi connectivity index (χ4n) is 10.3. The van der Waals surface area contributed by atoms with Crippen molar-refractivity contribution in [1.82, 2.24) is 0 Å². The molecular formula is C52H37BBr4N3S. The van der Waals surface area contributed by atoms with E-state index in [1.54, 1.807) is 0 Å². The molecule has 3 nitrogen and oxygen atoms in total. The zero-order chi connectivity index (χ0) is 41.9. The summed E-state index contributed by atoms with van der Waals surface area (Å²) in [7, 11) is 4.34. The van der Waals surface area contributed by atoms with E-state index < -0.39 is 5.41 Å². The summed E-state index contributed by atoms with van der Waals surface area (Å²) in [4.78, 5) is 0. The van der Waals surface area contributed by atoms with E-state index in [9.17, 15) is 0 Å². The third-order valence-corrected chi connectivity index (χ3v) is 14.5. The number of hydrogen-bond acceptors (Lipinski definition) is 4. The third-order valence-electron chi connectivity index (χ3n) is 12.5. The maximum atomic E-state index is 4.34. The second-order valence-corrected chi connectivity index (χ2v) is 19.5. The quantitative estimate of drug-likeness (QED) is 0.105. The van der Waals surface area contributed by atoms with Gasteiger partial charge in [0.25, 0.3) is 0 Å². The second kappa shape index (κ2) is 16.3. The second-order valence-electron chi connectivity index (χ2n) is 15.6. The monoisotopic (exact) mass is 1060 g/mol. The molecule has 8 aromatic rings. The van der Waals surface area contributed by atoms with Gasteiger partial charge in [-0.15, -0.1) is 0 Å². The average Bonchev–Trinajstić information content (AvgIpc) is 3.27. The van der Waals surface area contributed by atoms with Crippen LogP contribution in [0, 0.1) is 0 Å². The van der Waals surface area contributed by atoms with Crippen molar-refractivity contribution in [3.8, 4) is 0 Å². The van der Waals surface area contributed by atoms with Crippen LogP contribution in [0.15, 0.2) is 192 Å². The van der Waals surface area contributed by atoms with Crippen LogP contribution in [0.4, 0.5) is 22.7 Å². The van der Waals surface area contributed by atoms with Crippen LogP contribution in [-0.4, -0.2) is 7.64 Å². The standard InChI is InChI=1S/C26H15Br4N.C26H19N.BHNS.H2/c27-16-3-1-14-9-15-2-4-17(28)11-21(15)26(20(14)10-16)22-12-18(29)5-7-24(22)31-25-8-6-19(30)13-23(25)26;1-3-11-20-18(9-1)17-19-10-2-4-12-21(19)26(20)22-13-5-7-15-24(22)27-25-16-8-6-14-23(25)26;1-2-3;/h1-8,10-13,31H,9H2;1-16,27H,17H2;3H;1H/i;;;1+1. The van der Waals surface area contributed by atoms with Crippen molar-refractivity contribution in [3.05, 3.63) is 255 Å². The van der Waals surface area contributed by atoms with Gasteiger partial charge in [0.1, 0.15) is 0 Å². The molecule has 0 atom stereocenters. The van der Waals surface area contributed by atoms with Crippen molar-refractivity contribution in [2.45, 2.75) is 23.7 Å². The maximum Gasteiger partial charge on any atom is 0.0747 e. The SMILES string of the molecule is Brc1ccc2c(c1)C1(c3cc(Br)ccc3C2)c2cc(Br)ccc2Nc2ccc(Br)cc21.[2HH].[B]=NS.c1ccc2c(c1)Cc1ccccc1C21c2ccccc2Nc2ccccc21. The van der Waals surface area contributed by atoms with E-state index in [4.69, 9.17) is 0 Å². The largest absolute Gasteiger partial charge is 0.355 e. The summed E-state index contributed by atoms with van der Waals surface area (Å²) < 4.78 is 7.03. The molecule has 2 N–H and O–H groups in total. The smallest absolute Gasteiger partial charge is 0.0747 e. The summed E-state index contributed by atoms with van der Waals surface area (Å²) in [5, 5.41) is 7.37. The van der Waals surface area contributed by atoms with Crippen LogP contribution in [0.2, 0.25) is 0 Å². The van der Waals surface area contributed by atoms with Crippen molar-refractivity contribution in [3.63, 3.8) is 0 Å². The summed E-state index contributed by atoms with van der Waals surface area (Å²) in [6.07, 6.45) is 1.92. The van der Waals surface area contributed by atoms with Gasteiger partial charge in [-0.05, 0) is 152 Å². The summed E-state index contributed by atoms with van der Waals surface area (Å²) in [5.41, 5.74) is 20.2. The van der Waals surface area contributed by atoms with Crippen molar-refractivity contribution in [2.24, 2.45) is 4.30 Å². The van der Waals surface area contributed by atoms with Crippen LogP contribution in [0.25, 0.3) is 0 Å². The van der Waals surface area contributed by atoms with Gasteiger partial charge in [0.2, 0.25) is 0 Å². The van der Waals surface area contributed by atoms with Gasteiger partial charge in [0, 0.05) is 42.1 Å². The average molecular weight is 1070 g/mol. The van der Waals surface area contributed by atoms with E-state index in [2.05, 4.69) is 269 Å². The molecule has 0 bridgehead atoms. The fourth-order valence-corrected chi connectivity index (χ4v) is 11.8. The Bertz CT molecular complexity index is 2660. The van der Waals surface area contributed by atoms with E-state index in [1.807, 2.05) is 0 Å². The number of para-hydroxylation sites is 2. The molecule has 0 saturated heterocycles.